The molecule has 6 heteroatoms. The third-order valence-corrected chi connectivity index (χ3v) is 5.14. The van der Waals surface area contributed by atoms with E-state index in [2.05, 4.69) is 4.98 Å². The van der Waals surface area contributed by atoms with E-state index >= 15 is 0 Å². The predicted octanol–water partition coefficient (Wildman–Crippen LogP) is 4.36. The van der Waals surface area contributed by atoms with Gasteiger partial charge in [-0.1, -0.05) is 24.3 Å². The molecule has 0 aliphatic rings. The Morgan fingerprint density at radius 1 is 1.12 bits per heavy atom. The zero-order chi connectivity index (χ0) is 17.6. The summed E-state index contributed by atoms with van der Waals surface area (Å²) in [5.41, 5.74) is 2.87. The van der Waals surface area contributed by atoms with Crippen molar-refractivity contribution in [1.82, 2.24) is 9.55 Å². The zero-order valence-electron chi connectivity index (χ0n) is 14.3. The molecule has 0 radical (unpaired) electrons. The summed E-state index contributed by atoms with van der Waals surface area (Å²) in [7, 11) is 0. The molecule has 0 saturated heterocycles. The molecular formula is C19H20N2O2S2. The number of thioether (sulfide) groups is 2. The van der Waals surface area contributed by atoms with E-state index in [1.165, 1.54) is 4.90 Å². The molecule has 4 nitrogen and oxygen atoms in total. The number of esters is 1. The van der Waals surface area contributed by atoms with Gasteiger partial charge in [-0.15, -0.1) is 11.8 Å². The molecule has 0 saturated carbocycles. The van der Waals surface area contributed by atoms with Crippen LogP contribution in [-0.2, 0) is 28.4 Å². The van der Waals surface area contributed by atoms with Crippen molar-refractivity contribution in [3.63, 3.8) is 0 Å². The topological polar surface area (TPSA) is 44.1 Å². The number of rotatable bonds is 7. The van der Waals surface area contributed by atoms with Crippen LogP contribution in [0.25, 0.3) is 11.0 Å². The summed E-state index contributed by atoms with van der Waals surface area (Å²) in [4.78, 5) is 18.1. The number of fused-ring (bicyclic) bond motifs is 1. The molecule has 0 aliphatic heterocycles. The number of nitrogens with zero attached hydrogens (tertiary/aromatic N) is 2. The van der Waals surface area contributed by atoms with E-state index in [0.717, 1.165) is 28.2 Å². The molecule has 2 aromatic carbocycles. The number of hydrogen-bond acceptors (Lipinski definition) is 5. The van der Waals surface area contributed by atoms with Crippen LogP contribution < -0.4 is 0 Å². The van der Waals surface area contributed by atoms with Gasteiger partial charge in [0.15, 0.2) is 0 Å². The lowest BCUT2D eigenvalue weighted by atomic mass is 10.2. The Morgan fingerprint density at radius 2 is 1.88 bits per heavy atom. The van der Waals surface area contributed by atoms with Gasteiger partial charge >= 0.3 is 5.97 Å². The number of hydrogen-bond donors (Lipinski definition) is 0. The summed E-state index contributed by atoms with van der Waals surface area (Å²) < 4.78 is 7.41. The van der Waals surface area contributed by atoms with Crippen LogP contribution in [0.4, 0.5) is 0 Å². The maximum absolute atomic E-state index is 12.3. The molecule has 0 aliphatic carbocycles. The summed E-state index contributed by atoms with van der Waals surface area (Å²) >= 11 is 3.38. The minimum atomic E-state index is -0.251. The van der Waals surface area contributed by atoms with Crippen molar-refractivity contribution in [2.24, 2.45) is 0 Å². The molecule has 0 N–H and O–H groups in total. The van der Waals surface area contributed by atoms with Crippen molar-refractivity contribution in [3.8, 4) is 0 Å². The van der Waals surface area contributed by atoms with Gasteiger partial charge in [0.1, 0.15) is 19.0 Å². The molecule has 0 bridgehead atoms. The highest BCUT2D eigenvalue weighted by Gasteiger charge is 2.14. The number of para-hydroxylation sites is 2. The number of aromatic nitrogens is 2. The monoisotopic (exact) mass is 372 g/mol. The molecule has 3 aromatic rings. The highest BCUT2D eigenvalue weighted by molar-refractivity contribution is 7.98. The molecule has 0 atom stereocenters. The third-order valence-electron chi connectivity index (χ3n) is 3.85. The highest BCUT2D eigenvalue weighted by atomic mass is 32.2. The van der Waals surface area contributed by atoms with E-state index in [-0.39, 0.29) is 19.1 Å². The summed E-state index contributed by atoms with van der Waals surface area (Å²) in [6, 6.07) is 15.9. The highest BCUT2D eigenvalue weighted by Crippen LogP contribution is 2.19. The van der Waals surface area contributed by atoms with Crippen molar-refractivity contribution >= 4 is 40.5 Å². The Labute approximate surface area is 156 Å². The first-order valence-corrected chi connectivity index (χ1v) is 10.5. The SMILES string of the molecule is CSCc1nc2ccccc2n1CC(=O)OCc1ccc(SC)cc1. The van der Waals surface area contributed by atoms with Gasteiger partial charge in [-0.3, -0.25) is 4.79 Å². The van der Waals surface area contributed by atoms with Gasteiger partial charge in [-0.2, -0.15) is 11.8 Å². The van der Waals surface area contributed by atoms with Crippen molar-refractivity contribution in [3.05, 3.63) is 59.9 Å². The second kappa shape index (κ2) is 8.45. The number of benzene rings is 2. The lowest BCUT2D eigenvalue weighted by Gasteiger charge is -2.09. The zero-order valence-corrected chi connectivity index (χ0v) is 15.9. The largest absolute Gasteiger partial charge is 0.459 e. The van der Waals surface area contributed by atoms with Crippen LogP contribution in [0.3, 0.4) is 0 Å². The quantitative estimate of drug-likeness (QED) is 0.455. The van der Waals surface area contributed by atoms with Crippen LogP contribution in [-0.4, -0.2) is 28.0 Å². The van der Waals surface area contributed by atoms with Gasteiger partial charge < -0.3 is 9.30 Å². The Morgan fingerprint density at radius 3 is 2.60 bits per heavy atom. The van der Waals surface area contributed by atoms with Gasteiger partial charge in [0, 0.05) is 4.90 Å². The van der Waals surface area contributed by atoms with Gasteiger partial charge in [0.05, 0.1) is 16.8 Å². The van der Waals surface area contributed by atoms with E-state index in [0.29, 0.717) is 0 Å². The van der Waals surface area contributed by atoms with Crippen LogP contribution in [0.1, 0.15) is 11.4 Å². The lowest BCUT2D eigenvalue weighted by molar-refractivity contribution is -0.145. The minimum absolute atomic E-state index is 0.180. The summed E-state index contributed by atoms with van der Waals surface area (Å²) in [6.07, 6.45) is 4.07. The van der Waals surface area contributed by atoms with Crippen molar-refractivity contribution in [2.75, 3.05) is 12.5 Å². The van der Waals surface area contributed by atoms with Gasteiger partial charge in [0.25, 0.3) is 0 Å². The van der Waals surface area contributed by atoms with Gasteiger partial charge in [0.2, 0.25) is 0 Å². The number of carbonyl (C=O) groups excluding carboxylic acids is 1. The molecule has 3 rings (SSSR count). The molecule has 130 valence electrons. The Hall–Kier alpha value is -1.92. The fourth-order valence-electron chi connectivity index (χ4n) is 2.60. The Bertz CT molecular complexity index is 859. The number of imidazole rings is 1. The Kier molecular flexibility index (Phi) is 6.04. The first-order valence-electron chi connectivity index (χ1n) is 7.93. The van der Waals surface area contributed by atoms with Crippen LogP contribution in [0.15, 0.2) is 53.4 Å². The maximum Gasteiger partial charge on any atom is 0.326 e. The van der Waals surface area contributed by atoms with Crippen LogP contribution in [0.5, 0.6) is 0 Å². The van der Waals surface area contributed by atoms with E-state index in [1.54, 1.807) is 23.5 Å². The smallest absolute Gasteiger partial charge is 0.326 e. The van der Waals surface area contributed by atoms with Crippen LogP contribution >= 0.6 is 23.5 Å². The molecular weight excluding hydrogens is 352 g/mol. The fraction of sp³-hybridized carbons (Fsp3) is 0.263. The lowest BCUT2D eigenvalue weighted by Crippen LogP contribution is -2.15. The second-order valence-corrected chi connectivity index (χ2v) is 7.29. The molecule has 0 fully saturated rings. The van der Waals surface area contributed by atoms with E-state index < -0.39 is 0 Å². The van der Waals surface area contributed by atoms with Crippen molar-refractivity contribution in [1.29, 1.82) is 0 Å². The van der Waals surface area contributed by atoms with Crippen LogP contribution in [0.2, 0.25) is 0 Å². The molecule has 25 heavy (non-hydrogen) atoms. The molecule has 0 amide bonds. The summed E-state index contributed by atoms with van der Waals surface area (Å²) in [6.45, 7) is 0.470. The molecule has 1 aromatic heterocycles. The van der Waals surface area contributed by atoms with Crippen molar-refractivity contribution < 1.29 is 9.53 Å². The summed E-state index contributed by atoms with van der Waals surface area (Å²) in [5.74, 6) is 1.41. The average molecular weight is 373 g/mol. The van der Waals surface area contributed by atoms with E-state index in [9.17, 15) is 4.79 Å². The molecule has 1 heterocycles. The average Bonchev–Trinajstić information content (AvgIpc) is 2.98. The Balaban J connectivity index is 1.69. The van der Waals surface area contributed by atoms with E-state index in [1.807, 2.05) is 65.6 Å². The maximum atomic E-state index is 12.3. The van der Waals surface area contributed by atoms with Crippen LogP contribution in [0, 0.1) is 0 Å². The number of ether oxygens (including phenoxy) is 1. The fourth-order valence-corrected chi connectivity index (χ4v) is 3.49. The third kappa shape index (κ3) is 4.38. The first kappa shape index (κ1) is 17.9. The van der Waals surface area contributed by atoms with Gasteiger partial charge in [-0.05, 0) is 42.3 Å². The number of carbonyl (C=O) groups is 1. The molecule has 0 unspecified atom stereocenters. The standard InChI is InChI=1S/C19H20N2O2S2/c1-24-13-18-20-16-5-3-4-6-17(16)21(18)11-19(22)23-12-14-7-9-15(25-2)10-8-14/h3-10H,11-13H2,1-2H3. The normalized spacial score (nSPS) is 11.0. The summed E-state index contributed by atoms with van der Waals surface area (Å²) in [5, 5.41) is 0. The minimum Gasteiger partial charge on any atom is -0.459 e. The first-order chi connectivity index (χ1) is 12.2. The van der Waals surface area contributed by atoms with Gasteiger partial charge in [-0.25, -0.2) is 4.98 Å². The second-order valence-electron chi connectivity index (χ2n) is 5.54. The predicted molar refractivity (Wildman–Crippen MR) is 105 cm³/mol. The molecule has 0 spiro atoms. The van der Waals surface area contributed by atoms with E-state index in [4.69, 9.17) is 4.74 Å². The van der Waals surface area contributed by atoms with Crippen molar-refractivity contribution in [2.45, 2.75) is 23.8 Å².